The maximum absolute atomic E-state index is 12.6. The fourth-order valence-electron chi connectivity index (χ4n) is 4.18. The first-order chi connectivity index (χ1) is 12.4. The lowest BCUT2D eigenvalue weighted by molar-refractivity contribution is 0.0923. The van der Waals surface area contributed by atoms with Gasteiger partial charge in [0.15, 0.2) is 0 Å². The van der Waals surface area contributed by atoms with Crippen LogP contribution in [0.15, 0.2) is 46.0 Å². The van der Waals surface area contributed by atoms with E-state index in [9.17, 15) is 13.2 Å². The molecular weight excluding hydrogens is 368 g/mol. The molecule has 1 amide bonds. The molecule has 4 rings (SSSR count). The number of benzene rings is 1. The molecule has 1 heterocycles. The second-order valence-corrected chi connectivity index (χ2v) is 10.4. The lowest BCUT2D eigenvalue weighted by Crippen LogP contribution is -2.38. The Hall–Kier alpha value is -1.86. The predicted octanol–water partition coefficient (Wildman–Crippen LogP) is 3.49. The van der Waals surface area contributed by atoms with E-state index in [0.29, 0.717) is 27.4 Å². The van der Waals surface area contributed by atoms with Gasteiger partial charge in [0.05, 0.1) is 5.69 Å². The van der Waals surface area contributed by atoms with Crippen LogP contribution in [0.4, 0.5) is 5.69 Å². The maximum Gasteiger partial charge on any atom is 0.273 e. The van der Waals surface area contributed by atoms with Crippen molar-refractivity contribution in [3.63, 3.8) is 0 Å². The number of hydrogen-bond donors (Lipinski definition) is 1. The fourth-order valence-corrected chi connectivity index (χ4v) is 6.54. The Balaban J connectivity index is 1.45. The van der Waals surface area contributed by atoms with E-state index in [0.717, 1.165) is 12.3 Å². The first-order valence-corrected chi connectivity index (χ1v) is 11.2. The van der Waals surface area contributed by atoms with Crippen LogP contribution >= 0.6 is 11.3 Å². The number of nitrogens with zero attached hydrogens (tertiary/aromatic N) is 1. The van der Waals surface area contributed by atoms with Crippen LogP contribution < -0.4 is 9.62 Å². The number of nitrogens with one attached hydrogen (secondary N) is 1. The molecule has 138 valence electrons. The summed E-state index contributed by atoms with van der Waals surface area (Å²) in [6, 6.07) is 10.4. The molecule has 2 aromatic rings. The molecule has 0 aliphatic heterocycles. The van der Waals surface area contributed by atoms with Gasteiger partial charge >= 0.3 is 0 Å². The highest BCUT2D eigenvalue weighted by molar-refractivity contribution is 7.94. The Kier molecular flexibility index (Phi) is 4.52. The highest BCUT2D eigenvalue weighted by Gasteiger charge is 2.40. The van der Waals surface area contributed by atoms with E-state index in [1.165, 1.54) is 42.0 Å². The van der Waals surface area contributed by atoms with E-state index in [2.05, 4.69) is 5.32 Å². The summed E-state index contributed by atoms with van der Waals surface area (Å²) in [4.78, 5) is 12.5. The molecule has 0 radical (unpaired) electrons. The second-order valence-electron chi connectivity index (χ2n) is 7.21. The lowest BCUT2D eigenvalue weighted by Gasteiger charge is -2.23. The number of amides is 1. The Bertz CT molecular complexity index is 891. The standard InChI is InChI=1S/C19H22N2O3S2/c1-21(26(23,24)18-3-2-10-25-18)16-8-6-14(7-9-16)19(22)20-17-12-13-4-5-15(17)11-13/h2-3,6-10,13,15,17H,4-5,11-12H2,1H3,(H,20,22)/t13-,15-,17-/m0/s1. The highest BCUT2D eigenvalue weighted by atomic mass is 32.2. The monoisotopic (exact) mass is 390 g/mol. The normalized spacial score (nSPS) is 24.6. The van der Waals surface area contributed by atoms with Crippen LogP contribution in [0.3, 0.4) is 0 Å². The van der Waals surface area contributed by atoms with Gasteiger partial charge in [-0.25, -0.2) is 8.42 Å². The summed E-state index contributed by atoms with van der Waals surface area (Å²) in [6.45, 7) is 0. The zero-order chi connectivity index (χ0) is 18.3. The smallest absolute Gasteiger partial charge is 0.273 e. The summed E-state index contributed by atoms with van der Waals surface area (Å²) < 4.78 is 26.7. The minimum atomic E-state index is -3.55. The Morgan fingerprint density at radius 3 is 2.50 bits per heavy atom. The third-order valence-electron chi connectivity index (χ3n) is 5.66. The fraction of sp³-hybridized carbons (Fsp3) is 0.421. The molecule has 1 aromatic heterocycles. The van der Waals surface area contributed by atoms with Gasteiger partial charge in [0.25, 0.3) is 15.9 Å². The van der Waals surface area contributed by atoms with Gasteiger partial charge in [0, 0.05) is 18.7 Å². The molecule has 7 heteroatoms. The van der Waals surface area contributed by atoms with Gasteiger partial charge in [0.2, 0.25) is 0 Å². The molecule has 2 saturated carbocycles. The summed E-state index contributed by atoms with van der Waals surface area (Å²) in [5.41, 5.74) is 1.10. The quantitative estimate of drug-likeness (QED) is 0.850. The maximum atomic E-state index is 12.6. The van der Waals surface area contributed by atoms with Crippen LogP contribution in [0.1, 0.15) is 36.0 Å². The second kappa shape index (κ2) is 6.70. The molecule has 2 aliphatic rings. The first-order valence-electron chi connectivity index (χ1n) is 8.88. The Morgan fingerprint density at radius 1 is 1.15 bits per heavy atom. The summed E-state index contributed by atoms with van der Waals surface area (Å²) in [5, 5.41) is 4.90. The van der Waals surface area contributed by atoms with Crippen molar-refractivity contribution >= 4 is 33.0 Å². The average Bonchev–Trinajstić information content (AvgIpc) is 3.39. The number of carbonyl (C=O) groups is 1. The molecule has 0 saturated heterocycles. The van der Waals surface area contributed by atoms with Crippen molar-refractivity contribution in [2.24, 2.45) is 11.8 Å². The minimum absolute atomic E-state index is 0.0714. The zero-order valence-corrected chi connectivity index (χ0v) is 16.2. The third-order valence-corrected chi connectivity index (χ3v) is 8.82. The average molecular weight is 391 g/mol. The summed E-state index contributed by atoms with van der Waals surface area (Å²) >= 11 is 1.19. The Morgan fingerprint density at radius 2 is 1.92 bits per heavy atom. The minimum Gasteiger partial charge on any atom is -0.349 e. The molecule has 2 bridgehead atoms. The molecule has 0 spiro atoms. The molecule has 26 heavy (non-hydrogen) atoms. The van der Waals surface area contributed by atoms with Crippen LogP contribution in [0.5, 0.6) is 0 Å². The van der Waals surface area contributed by atoms with Gasteiger partial charge in [-0.15, -0.1) is 11.3 Å². The molecule has 3 atom stereocenters. The zero-order valence-electron chi connectivity index (χ0n) is 14.6. The predicted molar refractivity (Wildman–Crippen MR) is 103 cm³/mol. The molecule has 1 aromatic carbocycles. The van der Waals surface area contributed by atoms with E-state index >= 15 is 0 Å². The summed E-state index contributed by atoms with van der Waals surface area (Å²) in [6.07, 6.45) is 4.86. The number of hydrogen-bond acceptors (Lipinski definition) is 4. The van der Waals surface area contributed by atoms with E-state index in [-0.39, 0.29) is 5.91 Å². The van der Waals surface area contributed by atoms with Gasteiger partial charge in [-0.1, -0.05) is 12.5 Å². The van der Waals surface area contributed by atoms with E-state index in [4.69, 9.17) is 0 Å². The van der Waals surface area contributed by atoms with Crippen molar-refractivity contribution in [3.05, 3.63) is 47.3 Å². The van der Waals surface area contributed by atoms with Crippen molar-refractivity contribution < 1.29 is 13.2 Å². The molecule has 2 fully saturated rings. The van der Waals surface area contributed by atoms with Crippen molar-refractivity contribution in [1.29, 1.82) is 0 Å². The van der Waals surface area contributed by atoms with Crippen LogP contribution in [-0.4, -0.2) is 27.4 Å². The summed E-state index contributed by atoms with van der Waals surface area (Å²) in [7, 11) is -2.03. The highest BCUT2D eigenvalue weighted by Crippen LogP contribution is 2.44. The number of anilines is 1. The van der Waals surface area contributed by atoms with Gasteiger partial charge in [-0.3, -0.25) is 9.10 Å². The number of fused-ring (bicyclic) bond motifs is 2. The molecule has 2 aliphatic carbocycles. The molecule has 0 unspecified atom stereocenters. The Labute approximate surface area is 158 Å². The van der Waals surface area contributed by atoms with Crippen molar-refractivity contribution in [2.45, 2.75) is 35.9 Å². The van der Waals surface area contributed by atoms with E-state index in [1.807, 2.05) is 0 Å². The number of rotatable bonds is 5. The van der Waals surface area contributed by atoms with Gasteiger partial charge < -0.3 is 5.32 Å². The van der Waals surface area contributed by atoms with Gasteiger partial charge in [0.1, 0.15) is 4.21 Å². The first kappa shape index (κ1) is 17.5. The topological polar surface area (TPSA) is 66.5 Å². The molecular formula is C19H22N2O3S2. The van der Waals surface area contributed by atoms with Crippen molar-refractivity contribution in [3.8, 4) is 0 Å². The van der Waals surface area contributed by atoms with E-state index < -0.39 is 10.0 Å². The third kappa shape index (κ3) is 3.14. The van der Waals surface area contributed by atoms with Crippen molar-refractivity contribution in [1.82, 2.24) is 5.32 Å². The van der Waals surface area contributed by atoms with E-state index in [1.54, 1.807) is 41.8 Å². The van der Waals surface area contributed by atoms with Gasteiger partial charge in [-0.05, 0) is 66.8 Å². The van der Waals surface area contributed by atoms with Crippen LogP contribution in [0.25, 0.3) is 0 Å². The van der Waals surface area contributed by atoms with Crippen molar-refractivity contribution in [2.75, 3.05) is 11.4 Å². The number of carbonyl (C=O) groups excluding carboxylic acids is 1. The lowest BCUT2D eigenvalue weighted by atomic mass is 9.95. The number of sulfonamides is 1. The summed E-state index contributed by atoms with van der Waals surface area (Å²) in [5.74, 6) is 1.34. The molecule has 1 N–H and O–H groups in total. The van der Waals surface area contributed by atoms with Crippen LogP contribution in [0, 0.1) is 11.8 Å². The van der Waals surface area contributed by atoms with Gasteiger partial charge in [-0.2, -0.15) is 0 Å². The largest absolute Gasteiger partial charge is 0.349 e. The van der Waals surface area contributed by atoms with Crippen LogP contribution in [0.2, 0.25) is 0 Å². The van der Waals surface area contributed by atoms with Crippen LogP contribution in [-0.2, 0) is 10.0 Å². The SMILES string of the molecule is CN(c1ccc(C(=O)N[C@H]2C[C@H]3CC[C@H]2C3)cc1)S(=O)(=O)c1cccs1. The number of thiophene rings is 1. The molecule has 5 nitrogen and oxygen atoms in total.